The van der Waals surface area contributed by atoms with Crippen molar-refractivity contribution in [3.63, 3.8) is 0 Å². The van der Waals surface area contributed by atoms with Crippen LogP contribution in [0.1, 0.15) is 13.3 Å². The van der Waals surface area contributed by atoms with E-state index in [0.29, 0.717) is 18.1 Å². The van der Waals surface area contributed by atoms with Gasteiger partial charge in [-0.05, 0) is 6.92 Å². The molecule has 1 aromatic rings. The summed E-state index contributed by atoms with van der Waals surface area (Å²) in [5.74, 6) is -0.00625. The molecule has 0 bridgehead atoms. The number of aryl methyl sites for hydroxylation is 1. The van der Waals surface area contributed by atoms with Crippen LogP contribution < -0.4 is 0 Å². The van der Waals surface area contributed by atoms with Crippen LogP contribution in [0.4, 0.5) is 0 Å². The van der Waals surface area contributed by atoms with Crippen molar-refractivity contribution < 1.29 is 4.79 Å². The van der Waals surface area contributed by atoms with E-state index < -0.39 is 0 Å². The quantitative estimate of drug-likeness (QED) is 0.721. The molecule has 0 radical (unpaired) electrons. The van der Waals surface area contributed by atoms with Crippen molar-refractivity contribution in [2.45, 2.75) is 23.8 Å². The van der Waals surface area contributed by atoms with Crippen molar-refractivity contribution in [3.05, 3.63) is 6.33 Å². The van der Waals surface area contributed by atoms with Crippen molar-refractivity contribution in [2.75, 3.05) is 13.6 Å². The maximum absolute atomic E-state index is 11.9. The van der Waals surface area contributed by atoms with Crippen LogP contribution >= 0.6 is 11.8 Å². The number of hydrogen-bond acceptors (Lipinski definition) is 5. The van der Waals surface area contributed by atoms with Crippen LogP contribution in [-0.2, 0) is 11.8 Å². The van der Waals surface area contributed by atoms with E-state index in [1.807, 2.05) is 20.0 Å². The first-order valence-corrected chi connectivity index (χ1v) is 6.06. The molecule has 1 rings (SSSR count). The number of amides is 1. The molecule has 0 aromatic carbocycles. The summed E-state index contributed by atoms with van der Waals surface area (Å²) in [7, 11) is 3.53. The Morgan fingerprint density at radius 2 is 2.47 bits per heavy atom. The molecule has 0 spiro atoms. The lowest BCUT2D eigenvalue weighted by molar-refractivity contribution is -0.128. The van der Waals surface area contributed by atoms with Crippen LogP contribution in [0.15, 0.2) is 11.5 Å². The molecule has 0 aliphatic carbocycles. The number of hydrogen-bond donors (Lipinski definition) is 0. The Hall–Kier alpha value is -1.55. The Labute approximate surface area is 105 Å². The minimum atomic E-state index is -0.235. The third-order valence-corrected chi connectivity index (χ3v) is 3.37. The summed E-state index contributed by atoms with van der Waals surface area (Å²) in [5, 5.41) is 16.6. The van der Waals surface area contributed by atoms with Crippen molar-refractivity contribution in [1.29, 1.82) is 5.26 Å². The second kappa shape index (κ2) is 6.25. The summed E-state index contributed by atoms with van der Waals surface area (Å²) in [6.07, 6.45) is 1.95. The monoisotopic (exact) mass is 253 g/mol. The van der Waals surface area contributed by atoms with Crippen molar-refractivity contribution in [1.82, 2.24) is 19.7 Å². The molecular formula is C10H15N5OS. The molecule has 17 heavy (non-hydrogen) atoms. The van der Waals surface area contributed by atoms with Gasteiger partial charge >= 0.3 is 0 Å². The Morgan fingerprint density at radius 3 is 3.00 bits per heavy atom. The van der Waals surface area contributed by atoms with Gasteiger partial charge in [0.15, 0.2) is 5.16 Å². The zero-order valence-electron chi connectivity index (χ0n) is 10.1. The average molecular weight is 253 g/mol. The Balaban J connectivity index is 2.53. The molecule has 0 unspecified atom stereocenters. The van der Waals surface area contributed by atoms with Crippen molar-refractivity contribution >= 4 is 17.7 Å². The van der Waals surface area contributed by atoms with Crippen LogP contribution in [0.2, 0.25) is 0 Å². The van der Waals surface area contributed by atoms with E-state index in [9.17, 15) is 4.79 Å². The van der Waals surface area contributed by atoms with Gasteiger partial charge < -0.3 is 9.47 Å². The van der Waals surface area contributed by atoms with E-state index in [2.05, 4.69) is 10.2 Å². The van der Waals surface area contributed by atoms with Crippen LogP contribution in [0.25, 0.3) is 0 Å². The zero-order valence-corrected chi connectivity index (χ0v) is 10.9. The SMILES string of the molecule is C[C@H](Sc1nncn1C)C(=O)N(C)CCC#N. The van der Waals surface area contributed by atoms with Gasteiger partial charge in [0.05, 0.1) is 17.7 Å². The third-order valence-electron chi connectivity index (χ3n) is 2.24. The zero-order chi connectivity index (χ0) is 12.8. The molecule has 6 nitrogen and oxygen atoms in total. The second-order valence-electron chi connectivity index (χ2n) is 3.65. The van der Waals surface area contributed by atoms with E-state index in [4.69, 9.17) is 5.26 Å². The first kappa shape index (κ1) is 13.5. The number of aromatic nitrogens is 3. The highest BCUT2D eigenvalue weighted by atomic mass is 32.2. The van der Waals surface area contributed by atoms with Crippen molar-refractivity contribution in [2.24, 2.45) is 7.05 Å². The predicted octanol–water partition coefficient (Wildman–Crippen LogP) is 0.668. The number of carbonyl (C=O) groups excluding carboxylic acids is 1. The fraction of sp³-hybridized carbons (Fsp3) is 0.600. The van der Waals surface area contributed by atoms with Gasteiger partial charge in [-0.3, -0.25) is 4.79 Å². The molecule has 1 aromatic heterocycles. The van der Waals surface area contributed by atoms with Gasteiger partial charge in [0.2, 0.25) is 5.91 Å². The summed E-state index contributed by atoms with van der Waals surface area (Å²) in [4.78, 5) is 13.5. The standard InChI is InChI=1S/C10H15N5OS/c1-8(9(16)14(2)6-4-5-11)17-10-13-12-7-15(10)3/h7-8H,4,6H2,1-3H3/t8-/m0/s1. The molecule has 0 N–H and O–H groups in total. The van der Waals surface area contributed by atoms with Crippen LogP contribution in [0, 0.1) is 11.3 Å². The number of nitrogens with zero attached hydrogens (tertiary/aromatic N) is 5. The maximum atomic E-state index is 11.9. The minimum Gasteiger partial charge on any atom is -0.344 e. The van der Waals surface area contributed by atoms with E-state index in [1.54, 1.807) is 22.8 Å². The number of carbonyl (C=O) groups is 1. The van der Waals surface area contributed by atoms with Gasteiger partial charge in [0.25, 0.3) is 0 Å². The van der Waals surface area contributed by atoms with Gasteiger partial charge in [-0.15, -0.1) is 10.2 Å². The average Bonchev–Trinajstić information content (AvgIpc) is 2.70. The van der Waals surface area contributed by atoms with Gasteiger partial charge in [-0.1, -0.05) is 11.8 Å². The fourth-order valence-corrected chi connectivity index (χ4v) is 2.13. The van der Waals surface area contributed by atoms with Crippen LogP contribution in [0.5, 0.6) is 0 Å². The highest BCUT2D eigenvalue weighted by Gasteiger charge is 2.20. The molecule has 1 atom stereocenters. The first-order chi connectivity index (χ1) is 8.06. The minimum absolute atomic E-state index is 0.00625. The number of rotatable bonds is 5. The molecule has 0 aliphatic rings. The summed E-state index contributed by atoms with van der Waals surface area (Å²) < 4.78 is 1.77. The Bertz CT molecular complexity index is 425. The Kier molecular flexibility index (Phi) is 4.97. The first-order valence-electron chi connectivity index (χ1n) is 5.19. The summed E-state index contributed by atoms with van der Waals surface area (Å²) in [5.41, 5.74) is 0. The maximum Gasteiger partial charge on any atom is 0.235 e. The van der Waals surface area contributed by atoms with Crippen LogP contribution in [0.3, 0.4) is 0 Å². The molecule has 0 fully saturated rings. The largest absolute Gasteiger partial charge is 0.344 e. The van der Waals surface area contributed by atoms with Gasteiger partial charge in [-0.2, -0.15) is 5.26 Å². The summed E-state index contributed by atoms with van der Waals surface area (Å²) in [6.45, 7) is 2.28. The van der Waals surface area contributed by atoms with Gasteiger partial charge in [0.1, 0.15) is 6.33 Å². The lowest BCUT2D eigenvalue weighted by Crippen LogP contribution is -2.34. The normalized spacial score (nSPS) is 11.9. The molecule has 0 saturated heterocycles. The molecule has 1 amide bonds. The lowest BCUT2D eigenvalue weighted by Gasteiger charge is -2.19. The van der Waals surface area contributed by atoms with E-state index >= 15 is 0 Å². The molecule has 92 valence electrons. The molecule has 0 aliphatic heterocycles. The van der Waals surface area contributed by atoms with Crippen LogP contribution in [-0.4, -0.2) is 44.4 Å². The van der Waals surface area contributed by atoms with E-state index in [0.717, 1.165) is 0 Å². The highest BCUT2D eigenvalue weighted by Crippen LogP contribution is 2.21. The van der Waals surface area contributed by atoms with Crippen molar-refractivity contribution in [3.8, 4) is 6.07 Å². The smallest absolute Gasteiger partial charge is 0.235 e. The van der Waals surface area contributed by atoms with Gasteiger partial charge in [0, 0.05) is 20.6 Å². The fourth-order valence-electron chi connectivity index (χ4n) is 1.23. The predicted molar refractivity (Wildman–Crippen MR) is 64.2 cm³/mol. The molecule has 0 saturated carbocycles. The second-order valence-corrected chi connectivity index (χ2v) is 4.96. The topological polar surface area (TPSA) is 74.8 Å². The highest BCUT2D eigenvalue weighted by molar-refractivity contribution is 8.00. The summed E-state index contributed by atoms with van der Waals surface area (Å²) >= 11 is 1.36. The third kappa shape index (κ3) is 3.75. The number of nitriles is 1. The lowest BCUT2D eigenvalue weighted by atomic mass is 10.3. The van der Waals surface area contributed by atoms with E-state index in [1.165, 1.54) is 11.8 Å². The van der Waals surface area contributed by atoms with Gasteiger partial charge in [-0.25, -0.2) is 0 Å². The van der Waals surface area contributed by atoms with E-state index in [-0.39, 0.29) is 11.2 Å². The summed E-state index contributed by atoms with van der Waals surface area (Å²) in [6, 6.07) is 2.02. The Morgan fingerprint density at radius 1 is 1.76 bits per heavy atom. The number of thioether (sulfide) groups is 1. The molecular weight excluding hydrogens is 238 g/mol. The molecule has 1 heterocycles. The molecule has 7 heteroatoms.